The molecule has 0 aliphatic heterocycles. The van der Waals surface area contributed by atoms with Crippen LogP contribution in [0.4, 0.5) is 4.39 Å². The van der Waals surface area contributed by atoms with Gasteiger partial charge >= 0.3 is 0 Å². The van der Waals surface area contributed by atoms with E-state index in [1.807, 2.05) is 6.92 Å². The van der Waals surface area contributed by atoms with E-state index in [4.69, 9.17) is 23.2 Å². The maximum atomic E-state index is 13.3. The average Bonchev–Trinajstić information content (AvgIpc) is 2.36. The van der Waals surface area contributed by atoms with Gasteiger partial charge in [-0.05, 0) is 12.5 Å². The van der Waals surface area contributed by atoms with Crippen LogP contribution in [0.15, 0.2) is 18.5 Å². The summed E-state index contributed by atoms with van der Waals surface area (Å²) in [5.41, 5.74) is -0.774. The molecule has 1 heterocycles. The number of halogens is 3. The number of carbonyl (C=O) groups is 1. The van der Waals surface area contributed by atoms with E-state index in [1.54, 1.807) is 0 Å². The normalized spacial score (nSPS) is 11.3. The minimum Gasteiger partial charge on any atom is -0.344 e. The van der Waals surface area contributed by atoms with Gasteiger partial charge in [0.1, 0.15) is 0 Å². The van der Waals surface area contributed by atoms with E-state index in [-0.39, 0.29) is 17.3 Å². The smallest absolute Gasteiger partial charge is 0.254 e. The third-order valence-electron chi connectivity index (χ3n) is 2.58. The molecule has 0 bridgehead atoms. The van der Waals surface area contributed by atoms with Crippen LogP contribution in [0.25, 0.3) is 0 Å². The zero-order chi connectivity index (χ0) is 12.9. The molecule has 0 aliphatic rings. The summed E-state index contributed by atoms with van der Waals surface area (Å²) in [5, 5.41) is 2.67. The van der Waals surface area contributed by atoms with Crippen molar-refractivity contribution in [1.29, 1.82) is 0 Å². The van der Waals surface area contributed by atoms with Crippen molar-refractivity contribution in [3.63, 3.8) is 0 Å². The first-order valence-electron chi connectivity index (χ1n) is 5.12. The highest BCUT2D eigenvalue weighted by Crippen LogP contribution is 2.16. The number of nitrogens with zero attached hydrogens (tertiary/aromatic N) is 1. The number of nitrogens with one attached hydrogen (secondary N) is 1. The highest BCUT2D eigenvalue weighted by atomic mass is 35.5. The molecule has 3 nitrogen and oxygen atoms in total. The highest BCUT2D eigenvalue weighted by Gasteiger charge is 2.29. The van der Waals surface area contributed by atoms with Crippen molar-refractivity contribution in [2.75, 3.05) is 11.8 Å². The lowest BCUT2D eigenvalue weighted by molar-refractivity contribution is 0.0909. The van der Waals surface area contributed by atoms with E-state index in [9.17, 15) is 9.18 Å². The predicted octanol–water partition coefficient (Wildman–Crippen LogP) is 2.58. The second-order valence-corrected chi connectivity index (χ2v) is 4.25. The number of hydrogen-bond acceptors (Lipinski definition) is 2. The zero-order valence-electron chi connectivity index (χ0n) is 9.34. The summed E-state index contributed by atoms with van der Waals surface area (Å²) in [7, 11) is 0. The molecular weight excluding hydrogens is 266 g/mol. The van der Waals surface area contributed by atoms with Crippen molar-refractivity contribution >= 4 is 29.1 Å². The minimum atomic E-state index is -0.712. The molecule has 1 amide bonds. The van der Waals surface area contributed by atoms with Crippen LogP contribution in [0.2, 0.25) is 0 Å². The van der Waals surface area contributed by atoms with E-state index >= 15 is 0 Å². The minimum absolute atomic E-state index is 0.0620. The summed E-state index contributed by atoms with van der Waals surface area (Å²) in [6.45, 7) is 1.86. The lowest BCUT2D eigenvalue weighted by Gasteiger charge is -2.29. The van der Waals surface area contributed by atoms with Gasteiger partial charge in [-0.1, -0.05) is 6.92 Å². The SMILES string of the molecule is CCC(CCl)(CCl)NC(=O)c1ccncc1F. The molecule has 0 aromatic carbocycles. The Labute approximate surface area is 109 Å². The van der Waals surface area contributed by atoms with Crippen molar-refractivity contribution in [2.24, 2.45) is 0 Å². The maximum Gasteiger partial charge on any atom is 0.254 e. The third-order valence-corrected chi connectivity index (χ3v) is 3.61. The van der Waals surface area contributed by atoms with Gasteiger partial charge in [0.05, 0.1) is 17.3 Å². The van der Waals surface area contributed by atoms with Gasteiger partial charge in [0.25, 0.3) is 5.91 Å². The molecule has 94 valence electrons. The Morgan fingerprint density at radius 2 is 2.18 bits per heavy atom. The van der Waals surface area contributed by atoms with Crippen molar-refractivity contribution in [2.45, 2.75) is 18.9 Å². The molecule has 0 fully saturated rings. The summed E-state index contributed by atoms with van der Waals surface area (Å²) >= 11 is 11.6. The van der Waals surface area contributed by atoms with Gasteiger partial charge in [0, 0.05) is 18.0 Å². The number of alkyl halides is 2. The standard InChI is InChI=1S/C11H13Cl2FN2O/c1-2-11(6-12,7-13)16-10(17)8-3-4-15-5-9(8)14/h3-5H,2,6-7H2,1H3,(H,16,17). The Morgan fingerprint density at radius 3 is 2.65 bits per heavy atom. The number of amides is 1. The molecule has 0 saturated carbocycles. The Kier molecular flexibility index (Phi) is 5.15. The van der Waals surface area contributed by atoms with Crippen LogP contribution >= 0.6 is 23.2 Å². The molecule has 0 atom stereocenters. The van der Waals surface area contributed by atoms with Crippen LogP contribution in [-0.4, -0.2) is 28.2 Å². The van der Waals surface area contributed by atoms with E-state index in [1.165, 1.54) is 12.3 Å². The van der Waals surface area contributed by atoms with Gasteiger partial charge in [-0.3, -0.25) is 9.78 Å². The Hall–Kier alpha value is -0.870. The van der Waals surface area contributed by atoms with E-state index < -0.39 is 17.3 Å². The monoisotopic (exact) mass is 278 g/mol. The van der Waals surface area contributed by atoms with Crippen molar-refractivity contribution < 1.29 is 9.18 Å². The summed E-state index contributed by atoms with van der Waals surface area (Å²) in [6.07, 6.45) is 2.91. The van der Waals surface area contributed by atoms with E-state index in [2.05, 4.69) is 10.3 Å². The van der Waals surface area contributed by atoms with Gasteiger partial charge in [-0.15, -0.1) is 23.2 Å². The van der Waals surface area contributed by atoms with Crippen molar-refractivity contribution in [1.82, 2.24) is 10.3 Å². The Balaban J connectivity index is 2.89. The Morgan fingerprint density at radius 1 is 1.53 bits per heavy atom. The number of hydrogen-bond donors (Lipinski definition) is 1. The average molecular weight is 279 g/mol. The van der Waals surface area contributed by atoms with Crippen LogP contribution < -0.4 is 5.32 Å². The summed E-state index contributed by atoms with van der Waals surface area (Å²) in [4.78, 5) is 15.4. The lowest BCUT2D eigenvalue weighted by atomic mass is 10.0. The number of pyridine rings is 1. The van der Waals surface area contributed by atoms with Crippen LogP contribution in [0, 0.1) is 5.82 Å². The van der Waals surface area contributed by atoms with E-state index in [0.29, 0.717) is 6.42 Å². The number of carbonyl (C=O) groups excluding carboxylic acids is 1. The van der Waals surface area contributed by atoms with Crippen LogP contribution in [-0.2, 0) is 0 Å². The summed E-state index contributed by atoms with van der Waals surface area (Å²) in [6, 6.07) is 1.31. The van der Waals surface area contributed by atoms with Crippen LogP contribution in [0.5, 0.6) is 0 Å². The fraction of sp³-hybridized carbons (Fsp3) is 0.455. The second-order valence-electron chi connectivity index (χ2n) is 3.71. The quantitative estimate of drug-likeness (QED) is 0.842. The van der Waals surface area contributed by atoms with Gasteiger partial charge in [0.15, 0.2) is 5.82 Å². The lowest BCUT2D eigenvalue weighted by Crippen LogP contribution is -2.51. The van der Waals surface area contributed by atoms with Crippen molar-refractivity contribution in [3.05, 3.63) is 29.8 Å². The van der Waals surface area contributed by atoms with Gasteiger partial charge < -0.3 is 5.32 Å². The topological polar surface area (TPSA) is 42.0 Å². The molecule has 0 saturated heterocycles. The molecule has 1 rings (SSSR count). The predicted molar refractivity (Wildman–Crippen MR) is 66.1 cm³/mol. The molecule has 17 heavy (non-hydrogen) atoms. The van der Waals surface area contributed by atoms with Crippen LogP contribution in [0.1, 0.15) is 23.7 Å². The largest absolute Gasteiger partial charge is 0.344 e. The van der Waals surface area contributed by atoms with Gasteiger partial charge in [-0.2, -0.15) is 0 Å². The molecular formula is C11H13Cl2FN2O. The first-order valence-corrected chi connectivity index (χ1v) is 6.19. The molecule has 0 aliphatic carbocycles. The molecule has 0 unspecified atom stereocenters. The first kappa shape index (κ1) is 14.2. The van der Waals surface area contributed by atoms with Gasteiger partial charge in [0.2, 0.25) is 0 Å². The molecule has 6 heteroatoms. The van der Waals surface area contributed by atoms with Gasteiger partial charge in [-0.25, -0.2) is 4.39 Å². The summed E-state index contributed by atoms with van der Waals surface area (Å²) in [5.74, 6) is -0.858. The number of aromatic nitrogens is 1. The molecule has 1 aromatic heterocycles. The highest BCUT2D eigenvalue weighted by molar-refractivity contribution is 6.22. The molecule has 1 aromatic rings. The molecule has 1 N–H and O–H groups in total. The second kappa shape index (κ2) is 6.17. The van der Waals surface area contributed by atoms with E-state index in [0.717, 1.165) is 6.20 Å². The Bertz CT molecular complexity index is 389. The van der Waals surface area contributed by atoms with Crippen LogP contribution in [0.3, 0.4) is 0 Å². The molecule has 0 radical (unpaired) electrons. The van der Waals surface area contributed by atoms with Crippen molar-refractivity contribution in [3.8, 4) is 0 Å². The fourth-order valence-electron chi connectivity index (χ4n) is 1.25. The zero-order valence-corrected chi connectivity index (χ0v) is 10.9. The first-order chi connectivity index (χ1) is 8.08. The summed E-state index contributed by atoms with van der Waals surface area (Å²) < 4.78 is 13.3. The number of rotatable bonds is 5. The fourth-order valence-corrected chi connectivity index (χ4v) is 2.04. The third kappa shape index (κ3) is 3.30. The molecule has 0 spiro atoms. The maximum absolute atomic E-state index is 13.3.